The van der Waals surface area contributed by atoms with Crippen molar-refractivity contribution < 1.29 is 28.1 Å². The van der Waals surface area contributed by atoms with Gasteiger partial charge in [-0.25, -0.2) is 19.7 Å². The van der Waals surface area contributed by atoms with E-state index < -0.39 is 5.76 Å². The van der Waals surface area contributed by atoms with E-state index in [-0.39, 0.29) is 0 Å². The number of anilines is 10. The molecule has 2 unspecified atom stereocenters. The van der Waals surface area contributed by atoms with E-state index in [1.165, 1.54) is 5.56 Å². The fraction of sp³-hybridized carbons (Fsp3) is 0.483. The van der Waals surface area contributed by atoms with E-state index >= 15 is 0 Å². The molecule has 5 aliphatic rings. The maximum Gasteiger partial charge on any atom is 0.417 e. The lowest BCUT2D eigenvalue weighted by Gasteiger charge is -2.25. The Kier molecular flexibility index (Phi) is 17.4. The van der Waals surface area contributed by atoms with E-state index in [0.29, 0.717) is 108 Å². The maximum absolute atomic E-state index is 12.5. The fourth-order valence-electron chi connectivity index (χ4n) is 12.0. The molecule has 444 valence electrons. The van der Waals surface area contributed by atoms with Gasteiger partial charge in [-0.2, -0.15) is 15.0 Å². The highest BCUT2D eigenvalue weighted by Crippen LogP contribution is 2.44. The van der Waals surface area contributed by atoms with Crippen molar-refractivity contribution in [3.8, 4) is 28.7 Å². The van der Waals surface area contributed by atoms with Crippen molar-refractivity contribution in [1.82, 2.24) is 50.0 Å². The second kappa shape index (κ2) is 26.1. The Bertz CT molecular complexity index is 3480. The zero-order valence-corrected chi connectivity index (χ0v) is 48.5. The predicted molar refractivity (Wildman–Crippen MR) is 326 cm³/mol. The third-order valence-corrected chi connectivity index (χ3v) is 16.0. The number of hydrogen-bond donors (Lipinski definition) is 8. The minimum atomic E-state index is -0.550. The summed E-state index contributed by atoms with van der Waals surface area (Å²) in [7, 11) is 5.58. The van der Waals surface area contributed by atoms with Crippen LogP contribution in [0.25, 0.3) is 11.1 Å². The molecule has 0 bridgehead atoms. The van der Waals surface area contributed by atoms with Crippen LogP contribution in [0.1, 0.15) is 54.7 Å². The first-order chi connectivity index (χ1) is 41.1. The third kappa shape index (κ3) is 13.8. The minimum Gasteiger partial charge on any atom is -0.491 e. The number of likely N-dealkylation sites (tertiary alicyclic amines) is 2. The number of aryl methyl sites for hydroxylation is 1. The van der Waals surface area contributed by atoms with Gasteiger partial charge in [-0.1, -0.05) is 0 Å². The van der Waals surface area contributed by atoms with Crippen LogP contribution in [0.5, 0.6) is 28.7 Å². The van der Waals surface area contributed by atoms with Gasteiger partial charge in [-0.3, -0.25) is 4.98 Å². The lowest BCUT2D eigenvalue weighted by molar-refractivity contribution is 0.161. The van der Waals surface area contributed by atoms with Crippen LogP contribution in [0.2, 0.25) is 0 Å². The molecule has 0 aliphatic carbocycles. The molecule has 0 spiro atoms. The van der Waals surface area contributed by atoms with Crippen molar-refractivity contribution in [3.05, 3.63) is 87.8 Å². The fourth-order valence-corrected chi connectivity index (χ4v) is 12.0. The first kappa shape index (κ1) is 56.1. The Labute approximate surface area is 488 Å². The highest BCUT2D eigenvalue weighted by molar-refractivity contribution is 5.84. The Hall–Kier alpha value is -8.35. The second-order valence-corrected chi connectivity index (χ2v) is 22.2. The molecule has 3 saturated heterocycles. The average Bonchev–Trinajstić information content (AvgIpc) is 4.49. The van der Waals surface area contributed by atoms with Crippen molar-refractivity contribution in [1.29, 1.82) is 0 Å². The molecule has 3 fully saturated rings. The number of H-pyrrole nitrogens is 1. The average molecular weight is 1150 g/mol. The minimum absolute atomic E-state index is 0.372. The molecule has 5 aliphatic heterocycles. The summed E-state index contributed by atoms with van der Waals surface area (Å²) >= 11 is 0. The number of ether oxygens (including phenoxy) is 5. The van der Waals surface area contributed by atoms with Crippen LogP contribution in [0, 0.1) is 18.8 Å². The largest absolute Gasteiger partial charge is 0.491 e. The van der Waals surface area contributed by atoms with Crippen LogP contribution in [-0.4, -0.2) is 164 Å². The van der Waals surface area contributed by atoms with E-state index in [0.717, 1.165) is 168 Å². The lowest BCUT2D eigenvalue weighted by Crippen LogP contribution is -2.28. The highest BCUT2D eigenvalue weighted by Gasteiger charge is 2.28. The van der Waals surface area contributed by atoms with Crippen molar-refractivity contribution in [3.63, 3.8) is 0 Å². The molecule has 9 heterocycles. The number of aromatic nitrogens is 7. The quantitative estimate of drug-likeness (QED) is 0.0275. The number of nitrogens with one attached hydrogen (secondary N) is 8. The summed E-state index contributed by atoms with van der Waals surface area (Å²) in [5, 5.41) is 23.3. The molecule has 2 atom stereocenters. The summed E-state index contributed by atoms with van der Waals surface area (Å²) in [6.07, 6.45) is 7.39. The molecule has 84 heavy (non-hydrogen) atoms. The van der Waals surface area contributed by atoms with Crippen molar-refractivity contribution in [2.45, 2.75) is 58.3 Å². The number of nitrogens with zero attached hydrogens (tertiary/aromatic N) is 9. The van der Waals surface area contributed by atoms with Crippen LogP contribution in [0.4, 0.5) is 58.0 Å². The number of hydrogen-bond acceptors (Lipinski definition) is 23. The number of oxazole rings is 1. The van der Waals surface area contributed by atoms with Gasteiger partial charge in [0.25, 0.3) is 0 Å². The Balaban J connectivity index is 0.617. The molecule has 0 saturated carbocycles. The zero-order chi connectivity index (χ0) is 57.4. The first-order valence-corrected chi connectivity index (χ1v) is 29.7. The number of fused-ring (bicyclic) bond motifs is 3. The van der Waals surface area contributed by atoms with Crippen LogP contribution in [0.3, 0.4) is 0 Å². The normalized spacial score (nSPS) is 17.8. The van der Waals surface area contributed by atoms with Gasteiger partial charge in [0.2, 0.25) is 23.6 Å². The van der Waals surface area contributed by atoms with Crippen LogP contribution >= 0.6 is 0 Å². The van der Waals surface area contributed by atoms with Gasteiger partial charge in [0.15, 0.2) is 22.8 Å². The van der Waals surface area contributed by atoms with Gasteiger partial charge >= 0.3 is 5.76 Å². The molecule has 4 aromatic heterocycles. The summed E-state index contributed by atoms with van der Waals surface area (Å²) in [5.74, 6) is 7.37. The number of rotatable bonds is 24. The molecule has 12 rings (SSSR count). The van der Waals surface area contributed by atoms with Gasteiger partial charge in [0.05, 0.1) is 31.0 Å². The van der Waals surface area contributed by atoms with E-state index in [1.54, 1.807) is 0 Å². The number of benzene rings is 3. The van der Waals surface area contributed by atoms with Gasteiger partial charge in [-0.05, 0) is 102 Å². The molecular formula is C60H77N17O7. The van der Waals surface area contributed by atoms with E-state index in [2.05, 4.69) is 85.1 Å². The molecule has 24 nitrogen and oxygen atoms in total. The summed E-state index contributed by atoms with van der Waals surface area (Å²) < 4.78 is 36.4. The van der Waals surface area contributed by atoms with Crippen molar-refractivity contribution >= 4 is 69.1 Å². The Morgan fingerprint density at radius 3 is 1.92 bits per heavy atom. The lowest BCUT2D eigenvalue weighted by atomic mass is 10.0. The molecule has 24 heteroatoms. The smallest absolute Gasteiger partial charge is 0.417 e. The highest BCUT2D eigenvalue weighted by atomic mass is 16.6. The molecule has 7 aromatic rings. The predicted octanol–water partition coefficient (Wildman–Crippen LogP) is 7.33. The van der Waals surface area contributed by atoms with Gasteiger partial charge in [0.1, 0.15) is 36.4 Å². The SMILES string of the molecule is CNc1cc(C)nc(Nc2cc(OCCCN3CCC(Cc4cc(NC)nc(Nc5cc(OCCCN6CCC(Cc7cc(NC)nc(Nc8cc9c(c(N%10CCCNCC%10)c8)OCC9)n7)C6)c6oc(=O)[nH]c6c5)n4)C3)c3c(c2)OCCO3)n1. The van der Waals surface area contributed by atoms with Crippen molar-refractivity contribution in [2.24, 2.45) is 11.8 Å². The molecular weight excluding hydrogens is 1070 g/mol. The molecule has 0 radical (unpaired) electrons. The Morgan fingerprint density at radius 2 is 1.23 bits per heavy atom. The topological polar surface area (TPSA) is 263 Å². The molecule has 0 amide bonds. The molecule has 3 aromatic carbocycles. The Morgan fingerprint density at radius 1 is 0.619 bits per heavy atom. The second-order valence-electron chi connectivity index (χ2n) is 22.2. The van der Waals surface area contributed by atoms with Crippen LogP contribution < -0.4 is 71.6 Å². The van der Waals surface area contributed by atoms with E-state index in [9.17, 15) is 4.79 Å². The standard InChI is InChI=1S/C60H77N17O7/c1-37-24-51(61-2)72-57(65-37)70-45-31-49(56-50(32-45)81-22-23-83-56)80-20-7-14-76-17-9-39(36-76)26-42-34-53(63-4)74-59(67-42)69-44-28-46-55(84-60(78)71-46)48(30-44)79-19-6-13-75-16-8-38(35-75)25-41-33-52(62-3)73-58(66-41)68-43-27-40-10-21-82-54(40)47(29-43)77-15-5-11-64-12-18-77/h24,27-34,38-39,64H,5-23,25-26,35-36H2,1-4H3,(H,71,78)(H2,61,65,70,72)(H2,62,66,68,73)(H2,63,67,69,74). The monoisotopic (exact) mass is 1150 g/mol. The number of aromatic amines is 1. The zero-order valence-electron chi connectivity index (χ0n) is 48.5. The van der Waals surface area contributed by atoms with Gasteiger partial charge < -0.3 is 80.0 Å². The summed E-state index contributed by atoms with van der Waals surface area (Å²) in [5.41, 5.74) is 8.42. The summed E-state index contributed by atoms with van der Waals surface area (Å²) in [4.78, 5) is 51.4. The van der Waals surface area contributed by atoms with Crippen LogP contribution in [0.15, 0.2) is 63.8 Å². The third-order valence-electron chi connectivity index (χ3n) is 16.0. The first-order valence-electron chi connectivity index (χ1n) is 29.7. The van der Waals surface area contributed by atoms with Crippen molar-refractivity contribution in [2.75, 3.05) is 156 Å². The van der Waals surface area contributed by atoms with Gasteiger partial charge in [0, 0.05) is 149 Å². The summed E-state index contributed by atoms with van der Waals surface area (Å²) in [6.45, 7) is 14.1. The summed E-state index contributed by atoms with van der Waals surface area (Å²) in [6, 6.07) is 17.8. The van der Waals surface area contributed by atoms with Crippen LogP contribution in [-0.2, 0) is 19.3 Å². The maximum atomic E-state index is 12.5. The molecule has 8 N–H and O–H groups in total. The van der Waals surface area contributed by atoms with E-state index in [4.69, 9.17) is 48.0 Å². The van der Waals surface area contributed by atoms with Gasteiger partial charge in [-0.15, -0.1) is 0 Å². The van der Waals surface area contributed by atoms with E-state index in [1.807, 2.05) is 64.5 Å².